The molecule has 0 atom stereocenters. The second-order valence-corrected chi connectivity index (χ2v) is 7.23. The lowest BCUT2D eigenvalue weighted by molar-refractivity contribution is -0.138. The van der Waals surface area contributed by atoms with Crippen molar-refractivity contribution >= 4 is 29.6 Å². The second kappa shape index (κ2) is 11.0. The molecule has 2 aromatic rings. The standard InChI is InChI=1S/C23H20F4N4O2.ClH/c1-2-33-18-7-16(14-3-4-15(9-22(29)32)20(24)8-14)12-31(13-18)17-10-19(23(25,26)27)21(5-6-28)30-11-17;/h3-4,7-8,10-12H,2,5,9,13H2,1H3,(H2,29,32);1H. The van der Waals surface area contributed by atoms with Gasteiger partial charge in [-0.1, -0.05) is 12.1 Å². The summed E-state index contributed by atoms with van der Waals surface area (Å²) in [5, 5.41) is 8.82. The Bertz CT molecular complexity index is 1170. The molecule has 2 heterocycles. The Balaban J connectivity index is 0.00000408. The number of carbonyl (C=O) groups excluding carboxylic acids is 1. The van der Waals surface area contributed by atoms with Crippen molar-refractivity contribution in [3.05, 3.63) is 76.7 Å². The maximum absolute atomic E-state index is 14.5. The summed E-state index contributed by atoms with van der Waals surface area (Å²) in [5.74, 6) is -0.833. The topological polar surface area (TPSA) is 92.2 Å². The summed E-state index contributed by atoms with van der Waals surface area (Å²) < 4.78 is 60.7. The molecule has 0 saturated heterocycles. The normalized spacial score (nSPS) is 13.4. The zero-order valence-electron chi connectivity index (χ0n) is 18.0. The molecule has 2 N–H and O–H groups in total. The molecule has 6 nitrogen and oxygen atoms in total. The molecule has 0 aliphatic carbocycles. The van der Waals surface area contributed by atoms with Crippen LogP contribution in [0.2, 0.25) is 0 Å². The lowest BCUT2D eigenvalue weighted by Crippen LogP contribution is -2.25. The molecule has 0 radical (unpaired) electrons. The van der Waals surface area contributed by atoms with E-state index in [0.717, 1.165) is 6.07 Å². The molecule has 3 rings (SSSR count). The number of rotatable bonds is 7. The van der Waals surface area contributed by atoms with E-state index < -0.39 is 29.9 Å². The first-order chi connectivity index (χ1) is 15.6. The summed E-state index contributed by atoms with van der Waals surface area (Å²) in [6, 6.07) is 6.87. The number of hydrogen-bond acceptors (Lipinski definition) is 5. The number of aromatic nitrogens is 1. The number of hydrogen-bond donors (Lipinski definition) is 1. The smallest absolute Gasteiger partial charge is 0.418 e. The zero-order valence-corrected chi connectivity index (χ0v) is 18.8. The van der Waals surface area contributed by atoms with Crippen molar-refractivity contribution in [1.82, 2.24) is 4.98 Å². The van der Waals surface area contributed by atoms with Crippen molar-refractivity contribution in [2.45, 2.75) is 25.9 Å². The van der Waals surface area contributed by atoms with Crippen LogP contribution in [0.4, 0.5) is 23.2 Å². The van der Waals surface area contributed by atoms with Crippen molar-refractivity contribution in [3.63, 3.8) is 0 Å². The van der Waals surface area contributed by atoms with Crippen LogP contribution in [0.25, 0.3) is 5.57 Å². The van der Waals surface area contributed by atoms with Crippen LogP contribution < -0.4 is 10.6 Å². The van der Waals surface area contributed by atoms with E-state index in [-0.39, 0.29) is 42.3 Å². The van der Waals surface area contributed by atoms with E-state index in [1.54, 1.807) is 31.3 Å². The molecule has 11 heteroatoms. The maximum atomic E-state index is 14.5. The number of nitriles is 1. The molecule has 1 aromatic heterocycles. The van der Waals surface area contributed by atoms with Crippen molar-refractivity contribution < 1.29 is 27.1 Å². The molecular weight excluding hydrogens is 476 g/mol. The highest BCUT2D eigenvalue weighted by molar-refractivity contribution is 5.85. The van der Waals surface area contributed by atoms with Gasteiger partial charge in [-0.15, -0.1) is 12.4 Å². The fourth-order valence-corrected chi connectivity index (χ4v) is 3.39. The van der Waals surface area contributed by atoms with E-state index in [9.17, 15) is 22.4 Å². The van der Waals surface area contributed by atoms with E-state index in [2.05, 4.69) is 4.98 Å². The molecule has 0 saturated carbocycles. The average Bonchev–Trinajstić information content (AvgIpc) is 2.74. The van der Waals surface area contributed by atoms with Crippen LogP contribution in [-0.2, 0) is 28.5 Å². The van der Waals surface area contributed by atoms with Gasteiger partial charge >= 0.3 is 6.18 Å². The minimum absolute atomic E-state index is 0. The number of halogens is 5. The number of allylic oxidation sites excluding steroid dienone is 2. The molecular formula is C23H21ClF4N4O2. The van der Waals surface area contributed by atoms with Gasteiger partial charge in [-0.05, 0) is 36.3 Å². The molecule has 0 fully saturated rings. The number of amides is 1. The molecule has 180 valence electrons. The van der Waals surface area contributed by atoms with Crippen molar-refractivity contribution in [2.24, 2.45) is 5.73 Å². The Morgan fingerprint density at radius 2 is 2.06 bits per heavy atom. The third-order valence-electron chi connectivity index (χ3n) is 4.86. The van der Waals surface area contributed by atoms with E-state index in [4.69, 9.17) is 15.7 Å². The number of carbonyl (C=O) groups is 1. The number of primary amides is 1. The number of nitrogens with zero attached hydrogens (tertiary/aromatic N) is 3. The van der Waals surface area contributed by atoms with Crippen LogP contribution in [-0.4, -0.2) is 24.0 Å². The third-order valence-corrected chi connectivity index (χ3v) is 4.86. The summed E-state index contributed by atoms with van der Waals surface area (Å²) >= 11 is 0. The highest BCUT2D eigenvalue weighted by Crippen LogP contribution is 2.35. The van der Waals surface area contributed by atoms with Crippen LogP contribution in [0.5, 0.6) is 0 Å². The lowest BCUT2D eigenvalue weighted by atomic mass is 10.00. The summed E-state index contributed by atoms with van der Waals surface area (Å²) in [5.41, 5.74) is 4.98. The Labute approximate surface area is 199 Å². The van der Waals surface area contributed by atoms with E-state index in [0.29, 0.717) is 23.5 Å². The molecule has 0 bridgehead atoms. The van der Waals surface area contributed by atoms with Gasteiger partial charge in [0.2, 0.25) is 5.91 Å². The lowest BCUT2D eigenvalue weighted by Gasteiger charge is -2.28. The minimum atomic E-state index is -4.69. The number of pyridine rings is 1. The SMILES string of the molecule is CCOC1=CC(c2ccc(CC(N)=O)c(F)c2)=CN(c2cnc(CC#N)c(C(F)(F)F)c2)C1.Cl. The molecule has 34 heavy (non-hydrogen) atoms. The van der Waals surface area contributed by atoms with Crippen LogP contribution in [0.15, 0.2) is 48.5 Å². The molecule has 1 amide bonds. The fraction of sp³-hybridized carbons (Fsp3) is 0.261. The van der Waals surface area contributed by atoms with E-state index in [1.807, 2.05) is 0 Å². The van der Waals surface area contributed by atoms with Gasteiger partial charge in [-0.3, -0.25) is 9.78 Å². The summed E-state index contributed by atoms with van der Waals surface area (Å²) in [6.45, 7) is 2.23. The monoisotopic (exact) mass is 496 g/mol. The first-order valence-corrected chi connectivity index (χ1v) is 9.94. The minimum Gasteiger partial charge on any atom is -0.496 e. The maximum Gasteiger partial charge on any atom is 0.418 e. The number of alkyl halides is 3. The highest BCUT2D eigenvalue weighted by Gasteiger charge is 2.35. The summed E-state index contributed by atoms with van der Waals surface area (Å²) in [7, 11) is 0. The number of anilines is 1. The van der Waals surface area contributed by atoms with E-state index in [1.165, 1.54) is 23.2 Å². The van der Waals surface area contributed by atoms with Gasteiger partial charge in [0.1, 0.15) is 11.6 Å². The molecule has 1 aromatic carbocycles. The first kappa shape index (κ1) is 26.7. The Hall–Kier alpha value is -3.58. The van der Waals surface area contributed by atoms with Gasteiger partial charge in [0, 0.05) is 11.8 Å². The van der Waals surface area contributed by atoms with Gasteiger partial charge in [-0.2, -0.15) is 18.4 Å². The largest absolute Gasteiger partial charge is 0.496 e. The number of ether oxygens (including phenoxy) is 1. The highest BCUT2D eigenvalue weighted by atomic mass is 35.5. The Morgan fingerprint density at radius 1 is 1.32 bits per heavy atom. The molecule has 0 spiro atoms. The van der Waals surface area contributed by atoms with E-state index >= 15 is 0 Å². The zero-order chi connectivity index (χ0) is 24.2. The second-order valence-electron chi connectivity index (χ2n) is 7.23. The van der Waals surface area contributed by atoms with Crippen molar-refractivity contribution in [1.29, 1.82) is 5.26 Å². The number of benzene rings is 1. The quantitative estimate of drug-likeness (QED) is 0.568. The van der Waals surface area contributed by atoms with Gasteiger partial charge in [0.05, 0.1) is 55.2 Å². The molecule has 1 aliphatic rings. The van der Waals surface area contributed by atoms with Gasteiger partial charge in [0.15, 0.2) is 0 Å². The molecule has 1 aliphatic heterocycles. The average molecular weight is 497 g/mol. The van der Waals surface area contributed by atoms with Gasteiger partial charge in [-0.25, -0.2) is 4.39 Å². The van der Waals surface area contributed by atoms with Crippen LogP contribution in [0.3, 0.4) is 0 Å². The van der Waals surface area contributed by atoms with Crippen LogP contribution >= 0.6 is 12.4 Å². The first-order valence-electron chi connectivity index (χ1n) is 9.94. The Morgan fingerprint density at radius 3 is 2.65 bits per heavy atom. The number of nitrogens with two attached hydrogens (primary N) is 1. The van der Waals surface area contributed by atoms with Crippen LogP contribution in [0.1, 0.15) is 29.3 Å². The fourth-order valence-electron chi connectivity index (χ4n) is 3.39. The summed E-state index contributed by atoms with van der Waals surface area (Å²) in [4.78, 5) is 16.5. The van der Waals surface area contributed by atoms with Gasteiger partial charge < -0.3 is 15.4 Å². The predicted molar refractivity (Wildman–Crippen MR) is 120 cm³/mol. The summed E-state index contributed by atoms with van der Waals surface area (Å²) in [6.07, 6.45) is -0.927. The van der Waals surface area contributed by atoms with Crippen molar-refractivity contribution in [2.75, 3.05) is 18.1 Å². The Kier molecular flexibility index (Phi) is 8.65. The van der Waals surface area contributed by atoms with Crippen LogP contribution in [0, 0.1) is 17.1 Å². The van der Waals surface area contributed by atoms with Crippen molar-refractivity contribution in [3.8, 4) is 6.07 Å². The molecule has 0 unspecified atom stereocenters. The van der Waals surface area contributed by atoms with Gasteiger partial charge in [0.25, 0.3) is 0 Å². The predicted octanol–water partition coefficient (Wildman–Crippen LogP) is 4.54. The third kappa shape index (κ3) is 6.26.